The Bertz CT molecular complexity index is 432. The van der Waals surface area contributed by atoms with Crippen LogP contribution in [0.15, 0.2) is 12.1 Å². The molecule has 0 bridgehead atoms. The summed E-state index contributed by atoms with van der Waals surface area (Å²) in [7, 11) is 1.51. The minimum absolute atomic E-state index is 0.0637. The van der Waals surface area contributed by atoms with Crippen molar-refractivity contribution >= 4 is 17.5 Å². The molecule has 0 aliphatic heterocycles. The Labute approximate surface area is 112 Å². The number of rotatable bonds is 5. The van der Waals surface area contributed by atoms with E-state index in [0.717, 1.165) is 0 Å². The first-order chi connectivity index (χ1) is 8.49. The van der Waals surface area contributed by atoms with Gasteiger partial charge in [0.05, 0.1) is 18.7 Å². The Kier molecular flexibility index (Phi) is 5.28. The number of amides is 1. The number of ether oxygens (including phenoxy) is 2. The van der Waals surface area contributed by atoms with Gasteiger partial charge in [0.25, 0.3) is 5.91 Å². The molecule has 0 aromatic heterocycles. The van der Waals surface area contributed by atoms with E-state index < -0.39 is 0 Å². The fraction of sp³-hybridized carbons (Fsp3) is 0.462. The molecule has 1 aromatic carbocycles. The van der Waals surface area contributed by atoms with Crippen molar-refractivity contribution in [3.05, 3.63) is 22.7 Å². The maximum atomic E-state index is 11.9. The molecule has 0 unspecified atom stereocenters. The highest BCUT2D eigenvalue weighted by Gasteiger charge is 2.15. The monoisotopic (exact) mass is 271 g/mol. The van der Waals surface area contributed by atoms with E-state index in [1.807, 2.05) is 20.8 Å². The van der Waals surface area contributed by atoms with Crippen LogP contribution in [-0.2, 0) is 0 Å². The molecule has 0 heterocycles. The lowest BCUT2D eigenvalue weighted by Crippen LogP contribution is -2.30. The molecule has 0 saturated heterocycles. The summed E-state index contributed by atoms with van der Waals surface area (Å²) in [5, 5.41) is 3.16. The largest absolute Gasteiger partial charge is 0.493 e. The maximum absolute atomic E-state index is 11.9. The van der Waals surface area contributed by atoms with Gasteiger partial charge < -0.3 is 14.8 Å². The van der Waals surface area contributed by atoms with E-state index in [2.05, 4.69) is 5.32 Å². The van der Waals surface area contributed by atoms with E-state index in [1.165, 1.54) is 7.11 Å². The normalized spacial score (nSPS) is 10.3. The molecule has 18 heavy (non-hydrogen) atoms. The molecule has 1 amide bonds. The van der Waals surface area contributed by atoms with Crippen molar-refractivity contribution in [3.63, 3.8) is 0 Å². The first-order valence-corrected chi connectivity index (χ1v) is 6.18. The van der Waals surface area contributed by atoms with E-state index in [9.17, 15) is 4.79 Å². The van der Waals surface area contributed by atoms with Crippen LogP contribution >= 0.6 is 11.6 Å². The van der Waals surface area contributed by atoms with Crippen molar-refractivity contribution in [3.8, 4) is 11.5 Å². The second-order valence-corrected chi connectivity index (χ2v) is 4.46. The molecule has 100 valence electrons. The third-order valence-corrected chi connectivity index (χ3v) is 2.48. The zero-order valence-electron chi connectivity index (χ0n) is 11.0. The molecule has 1 N–H and O–H groups in total. The highest BCUT2D eigenvalue weighted by Crippen LogP contribution is 2.36. The lowest BCUT2D eigenvalue weighted by Gasteiger charge is -2.14. The fourth-order valence-corrected chi connectivity index (χ4v) is 1.75. The number of benzene rings is 1. The van der Waals surface area contributed by atoms with E-state index in [0.29, 0.717) is 28.7 Å². The molecular weight excluding hydrogens is 254 g/mol. The number of carbonyl (C=O) groups is 1. The Morgan fingerprint density at radius 1 is 1.44 bits per heavy atom. The molecule has 0 aliphatic rings. The van der Waals surface area contributed by atoms with Gasteiger partial charge in [-0.05, 0) is 32.9 Å². The van der Waals surface area contributed by atoms with Crippen molar-refractivity contribution in [2.75, 3.05) is 13.7 Å². The molecule has 4 nitrogen and oxygen atoms in total. The standard InChI is InChI=1S/C13H18ClNO3/c1-5-18-12-10(14)6-9(7-11(12)17-4)13(16)15-8(2)3/h6-8H,5H2,1-4H3,(H,15,16). The third kappa shape index (κ3) is 3.53. The molecule has 0 atom stereocenters. The highest BCUT2D eigenvalue weighted by atomic mass is 35.5. The van der Waals surface area contributed by atoms with Gasteiger partial charge in [0.15, 0.2) is 11.5 Å². The molecular formula is C13H18ClNO3. The van der Waals surface area contributed by atoms with Crippen LogP contribution in [0.3, 0.4) is 0 Å². The summed E-state index contributed by atoms with van der Waals surface area (Å²) in [5.74, 6) is 0.731. The molecule has 0 saturated carbocycles. The van der Waals surface area contributed by atoms with E-state index in [4.69, 9.17) is 21.1 Å². The van der Waals surface area contributed by atoms with Crippen molar-refractivity contribution in [1.82, 2.24) is 5.32 Å². The average molecular weight is 272 g/mol. The SMILES string of the molecule is CCOc1c(Cl)cc(C(=O)NC(C)C)cc1OC. The van der Waals surface area contributed by atoms with Gasteiger partial charge in [-0.1, -0.05) is 11.6 Å². The summed E-state index contributed by atoms with van der Waals surface area (Å²) >= 11 is 6.09. The molecule has 1 rings (SSSR count). The van der Waals surface area contributed by atoms with Crippen LogP contribution in [0.25, 0.3) is 0 Å². The Morgan fingerprint density at radius 2 is 2.11 bits per heavy atom. The van der Waals surface area contributed by atoms with Crippen LogP contribution in [0.4, 0.5) is 0 Å². The van der Waals surface area contributed by atoms with Gasteiger partial charge >= 0.3 is 0 Å². The topological polar surface area (TPSA) is 47.6 Å². The van der Waals surface area contributed by atoms with Crippen LogP contribution in [-0.4, -0.2) is 25.7 Å². The van der Waals surface area contributed by atoms with Crippen LogP contribution in [0, 0.1) is 0 Å². The lowest BCUT2D eigenvalue weighted by molar-refractivity contribution is 0.0942. The molecule has 0 aliphatic carbocycles. The van der Waals surface area contributed by atoms with Gasteiger partial charge in [-0.2, -0.15) is 0 Å². The predicted octanol–water partition coefficient (Wildman–Crippen LogP) is 2.89. The molecule has 5 heteroatoms. The Balaban J connectivity index is 3.10. The quantitative estimate of drug-likeness (QED) is 0.896. The van der Waals surface area contributed by atoms with Crippen molar-refractivity contribution in [2.45, 2.75) is 26.8 Å². The molecule has 1 aromatic rings. The smallest absolute Gasteiger partial charge is 0.251 e. The van der Waals surface area contributed by atoms with Crippen LogP contribution in [0.2, 0.25) is 5.02 Å². The fourth-order valence-electron chi connectivity index (χ4n) is 1.48. The summed E-state index contributed by atoms with van der Waals surface area (Å²) in [6.07, 6.45) is 0. The third-order valence-electron chi connectivity index (χ3n) is 2.20. The second kappa shape index (κ2) is 6.50. The number of hydrogen-bond donors (Lipinski definition) is 1. The molecule has 0 radical (unpaired) electrons. The number of nitrogens with one attached hydrogen (secondary N) is 1. The van der Waals surface area contributed by atoms with Crippen LogP contribution < -0.4 is 14.8 Å². The van der Waals surface area contributed by atoms with Crippen LogP contribution in [0.1, 0.15) is 31.1 Å². The Morgan fingerprint density at radius 3 is 2.61 bits per heavy atom. The average Bonchev–Trinajstić information content (AvgIpc) is 2.30. The lowest BCUT2D eigenvalue weighted by atomic mass is 10.1. The van der Waals surface area contributed by atoms with Crippen LogP contribution in [0.5, 0.6) is 11.5 Å². The predicted molar refractivity (Wildman–Crippen MR) is 71.8 cm³/mol. The minimum atomic E-state index is -0.187. The summed E-state index contributed by atoms with van der Waals surface area (Å²) in [6.45, 7) is 6.12. The van der Waals surface area contributed by atoms with E-state index in [-0.39, 0.29) is 11.9 Å². The Hall–Kier alpha value is -1.42. The zero-order chi connectivity index (χ0) is 13.7. The van der Waals surface area contributed by atoms with Gasteiger partial charge in [0.2, 0.25) is 0 Å². The first kappa shape index (κ1) is 14.6. The summed E-state index contributed by atoms with van der Waals surface area (Å²) in [4.78, 5) is 11.9. The van der Waals surface area contributed by atoms with Gasteiger partial charge in [-0.3, -0.25) is 4.79 Å². The maximum Gasteiger partial charge on any atom is 0.251 e. The number of carbonyl (C=O) groups excluding carboxylic acids is 1. The number of halogens is 1. The van der Waals surface area contributed by atoms with Gasteiger partial charge in [-0.15, -0.1) is 0 Å². The van der Waals surface area contributed by atoms with E-state index >= 15 is 0 Å². The summed E-state index contributed by atoms with van der Waals surface area (Å²) in [5.41, 5.74) is 0.453. The molecule has 0 spiro atoms. The van der Waals surface area contributed by atoms with Crippen molar-refractivity contribution in [1.29, 1.82) is 0 Å². The van der Waals surface area contributed by atoms with Gasteiger partial charge in [0.1, 0.15) is 0 Å². The van der Waals surface area contributed by atoms with E-state index in [1.54, 1.807) is 12.1 Å². The second-order valence-electron chi connectivity index (χ2n) is 4.05. The van der Waals surface area contributed by atoms with Crippen molar-refractivity contribution in [2.24, 2.45) is 0 Å². The molecule has 0 fully saturated rings. The van der Waals surface area contributed by atoms with Gasteiger partial charge in [-0.25, -0.2) is 0 Å². The minimum Gasteiger partial charge on any atom is -0.493 e. The number of methoxy groups -OCH3 is 1. The van der Waals surface area contributed by atoms with Gasteiger partial charge in [0, 0.05) is 11.6 Å². The zero-order valence-corrected chi connectivity index (χ0v) is 11.8. The first-order valence-electron chi connectivity index (χ1n) is 5.80. The summed E-state index contributed by atoms with van der Waals surface area (Å²) in [6, 6.07) is 3.26. The summed E-state index contributed by atoms with van der Waals surface area (Å²) < 4.78 is 10.6. The highest BCUT2D eigenvalue weighted by molar-refractivity contribution is 6.32. The van der Waals surface area contributed by atoms with Crippen molar-refractivity contribution < 1.29 is 14.3 Å². The number of hydrogen-bond acceptors (Lipinski definition) is 3.